The van der Waals surface area contributed by atoms with Gasteiger partial charge in [0.05, 0.1) is 6.10 Å². The molecule has 0 atom stereocenters. The number of hydrogen-bond acceptors (Lipinski definition) is 4. The van der Waals surface area contributed by atoms with Crippen LogP contribution in [0.25, 0.3) is 0 Å². The van der Waals surface area contributed by atoms with Crippen LogP contribution in [0.4, 0.5) is 0 Å². The summed E-state index contributed by atoms with van der Waals surface area (Å²) in [6.07, 6.45) is 0.935. The van der Waals surface area contributed by atoms with Crippen molar-refractivity contribution in [2.75, 3.05) is 13.2 Å². The second-order valence-electron chi connectivity index (χ2n) is 6.47. The van der Waals surface area contributed by atoms with Crippen molar-refractivity contribution in [2.45, 2.75) is 13.3 Å². The third-order valence-electron chi connectivity index (χ3n) is 4.16. The van der Waals surface area contributed by atoms with Crippen LogP contribution in [0.15, 0.2) is 78.9 Å². The molecule has 1 N–H and O–H groups in total. The fourth-order valence-corrected chi connectivity index (χ4v) is 2.78. The summed E-state index contributed by atoms with van der Waals surface area (Å²) in [5.41, 5.74) is 2.33. The van der Waals surface area contributed by atoms with Crippen molar-refractivity contribution >= 4 is 5.78 Å². The van der Waals surface area contributed by atoms with Crippen molar-refractivity contribution in [3.63, 3.8) is 0 Å². The number of rotatable bonds is 9. The molecule has 0 aliphatic carbocycles. The number of aliphatic hydroxyl groups is 1. The van der Waals surface area contributed by atoms with Gasteiger partial charge in [0, 0.05) is 17.5 Å². The van der Waals surface area contributed by atoms with Crippen LogP contribution in [0.2, 0.25) is 0 Å². The lowest BCUT2D eigenvalue weighted by Gasteiger charge is -2.10. The Morgan fingerprint density at radius 1 is 0.750 bits per heavy atom. The van der Waals surface area contributed by atoms with E-state index >= 15 is 0 Å². The summed E-state index contributed by atoms with van der Waals surface area (Å²) in [4.78, 5) is 12.4. The van der Waals surface area contributed by atoms with Crippen LogP contribution in [0, 0.1) is 6.10 Å². The Balaban J connectivity index is 1.44. The van der Waals surface area contributed by atoms with Gasteiger partial charge in [-0.25, -0.2) is 0 Å². The molecule has 0 aromatic heterocycles. The van der Waals surface area contributed by atoms with Gasteiger partial charge in [-0.3, -0.25) is 4.79 Å². The summed E-state index contributed by atoms with van der Waals surface area (Å²) in [6, 6.07) is 23.9. The molecule has 3 aromatic carbocycles. The van der Waals surface area contributed by atoms with E-state index in [1.54, 1.807) is 43.3 Å². The van der Waals surface area contributed by atoms with Crippen molar-refractivity contribution in [3.8, 4) is 11.5 Å². The van der Waals surface area contributed by atoms with E-state index in [0.717, 1.165) is 11.3 Å². The van der Waals surface area contributed by atoms with Crippen LogP contribution >= 0.6 is 0 Å². The van der Waals surface area contributed by atoms with Crippen molar-refractivity contribution in [1.29, 1.82) is 0 Å². The second kappa shape index (κ2) is 9.72. The summed E-state index contributed by atoms with van der Waals surface area (Å²) >= 11 is 0. The Labute approximate surface area is 165 Å². The number of hydrogen-bond donors (Lipinski definition) is 1. The van der Waals surface area contributed by atoms with E-state index in [9.17, 15) is 9.90 Å². The predicted molar refractivity (Wildman–Crippen MR) is 108 cm³/mol. The minimum absolute atomic E-state index is 0.00655. The first kappa shape index (κ1) is 19.6. The quantitative estimate of drug-likeness (QED) is 0.429. The molecular formula is C24H23O4. The average Bonchev–Trinajstić information content (AvgIpc) is 2.72. The zero-order chi connectivity index (χ0) is 19.8. The van der Waals surface area contributed by atoms with Gasteiger partial charge in [-0.15, -0.1) is 0 Å². The molecule has 143 valence electrons. The second-order valence-corrected chi connectivity index (χ2v) is 6.47. The van der Waals surface area contributed by atoms with Crippen LogP contribution in [0.1, 0.15) is 28.4 Å². The maximum atomic E-state index is 12.4. The molecule has 0 unspecified atom stereocenters. The fraction of sp³-hybridized carbons (Fsp3) is 0.167. The Bertz CT molecular complexity index is 869. The molecule has 0 aliphatic heterocycles. The van der Waals surface area contributed by atoms with Gasteiger partial charge < -0.3 is 14.6 Å². The number of ether oxygens (including phenoxy) is 2. The number of benzene rings is 3. The summed E-state index contributed by atoms with van der Waals surface area (Å²) in [7, 11) is 0. The molecule has 0 spiro atoms. The van der Waals surface area contributed by atoms with Gasteiger partial charge in [-0.1, -0.05) is 42.5 Å². The van der Waals surface area contributed by atoms with E-state index in [1.165, 1.54) is 0 Å². The van der Waals surface area contributed by atoms with E-state index in [0.29, 0.717) is 42.6 Å². The number of carbonyl (C=O) groups is 1. The molecular weight excluding hydrogens is 352 g/mol. The van der Waals surface area contributed by atoms with E-state index in [1.807, 2.05) is 42.5 Å². The highest BCUT2D eigenvalue weighted by Crippen LogP contribution is 2.17. The molecule has 0 aliphatic rings. The van der Waals surface area contributed by atoms with E-state index in [-0.39, 0.29) is 5.78 Å². The van der Waals surface area contributed by atoms with Gasteiger partial charge in [-0.2, -0.15) is 0 Å². The SMILES string of the molecule is C[C](O)Cc1ccc(OCCOc2ccc(C(=O)c3ccccc3)cc2)cc1. The molecule has 28 heavy (non-hydrogen) atoms. The summed E-state index contributed by atoms with van der Waals surface area (Å²) in [6.45, 7) is 2.50. The summed E-state index contributed by atoms with van der Waals surface area (Å²) in [5.74, 6) is 1.44. The lowest BCUT2D eigenvalue weighted by Crippen LogP contribution is -2.09. The fourth-order valence-electron chi connectivity index (χ4n) is 2.78. The minimum Gasteiger partial charge on any atom is -0.490 e. The monoisotopic (exact) mass is 375 g/mol. The first-order valence-electron chi connectivity index (χ1n) is 9.17. The zero-order valence-corrected chi connectivity index (χ0v) is 15.8. The standard InChI is InChI=1S/C24H23O4/c1-18(25)17-19-7-11-22(12-8-19)27-15-16-28-23-13-9-21(10-14-23)24(26)20-5-3-2-4-6-20/h2-14,25H,15-17H2,1H3. The zero-order valence-electron chi connectivity index (χ0n) is 15.8. The third-order valence-corrected chi connectivity index (χ3v) is 4.16. The number of aliphatic hydroxyl groups excluding tert-OH is 1. The Hall–Kier alpha value is -3.11. The topological polar surface area (TPSA) is 55.8 Å². The van der Waals surface area contributed by atoms with Gasteiger partial charge >= 0.3 is 0 Å². The molecule has 4 heteroatoms. The van der Waals surface area contributed by atoms with Crippen molar-refractivity contribution in [1.82, 2.24) is 0 Å². The molecule has 0 saturated carbocycles. The van der Waals surface area contributed by atoms with Crippen LogP contribution < -0.4 is 9.47 Å². The van der Waals surface area contributed by atoms with Crippen molar-refractivity contribution in [3.05, 3.63) is 102 Å². The van der Waals surface area contributed by atoms with E-state index < -0.39 is 0 Å². The number of ketones is 1. The maximum Gasteiger partial charge on any atom is 0.193 e. The van der Waals surface area contributed by atoms with Gasteiger partial charge in [-0.05, 0) is 48.9 Å². The van der Waals surface area contributed by atoms with E-state index in [4.69, 9.17) is 9.47 Å². The molecule has 0 amide bonds. The molecule has 3 rings (SSSR count). The van der Waals surface area contributed by atoms with Gasteiger partial charge in [0.15, 0.2) is 5.78 Å². The highest BCUT2D eigenvalue weighted by Gasteiger charge is 2.08. The molecule has 0 heterocycles. The first-order valence-corrected chi connectivity index (χ1v) is 9.17. The summed E-state index contributed by atoms with van der Waals surface area (Å²) < 4.78 is 11.3. The van der Waals surface area contributed by atoms with Crippen LogP contribution in [0.5, 0.6) is 11.5 Å². The van der Waals surface area contributed by atoms with E-state index in [2.05, 4.69) is 0 Å². The molecule has 1 radical (unpaired) electrons. The first-order chi connectivity index (χ1) is 13.6. The largest absolute Gasteiger partial charge is 0.490 e. The minimum atomic E-state index is -0.00655. The Kier molecular flexibility index (Phi) is 6.82. The normalized spacial score (nSPS) is 10.7. The van der Waals surface area contributed by atoms with Crippen molar-refractivity contribution < 1.29 is 19.4 Å². The highest BCUT2D eigenvalue weighted by molar-refractivity contribution is 6.08. The molecule has 3 aromatic rings. The molecule has 4 nitrogen and oxygen atoms in total. The smallest absolute Gasteiger partial charge is 0.193 e. The Morgan fingerprint density at radius 3 is 1.79 bits per heavy atom. The van der Waals surface area contributed by atoms with Crippen LogP contribution in [0.3, 0.4) is 0 Å². The maximum absolute atomic E-state index is 12.4. The number of carbonyl (C=O) groups excluding carboxylic acids is 1. The molecule has 0 fully saturated rings. The van der Waals surface area contributed by atoms with Gasteiger partial charge in [0.2, 0.25) is 0 Å². The average molecular weight is 375 g/mol. The lowest BCUT2D eigenvalue weighted by atomic mass is 10.0. The lowest BCUT2D eigenvalue weighted by molar-refractivity contribution is 0.103. The summed E-state index contributed by atoms with van der Waals surface area (Å²) in [5, 5.41) is 9.31. The molecule has 0 bridgehead atoms. The van der Waals surface area contributed by atoms with Gasteiger partial charge in [0.1, 0.15) is 24.7 Å². The van der Waals surface area contributed by atoms with Crippen LogP contribution in [-0.4, -0.2) is 24.1 Å². The Morgan fingerprint density at radius 2 is 1.25 bits per heavy atom. The van der Waals surface area contributed by atoms with Crippen molar-refractivity contribution in [2.24, 2.45) is 0 Å². The van der Waals surface area contributed by atoms with Crippen LogP contribution in [-0.2, 0) is 6.42 Å². The third kappa shape index (κ3) is 5.69. The highest BCUT2D eigenvalue weighted by atomic mass is 16.5. The predicted octanol–water partition coefficient (Wildman–Crippen LogP) is 4.84. The van der Waals surface area contributed by atoms with Gasteiger partial charge in [0.25, 0.3) is 0 Å². The molecule has 0 saturated heterocycles.